The third-order valence-electron chi connectivity index (χ3n) is 15.2. The summed E-state index contributed by atoms with van der Waals surface area (Å²) in [5.41, 5.74) is 0. The van der Waals surface area contributed by atoms with Crippen LogP contribution in [-0.4, -0.2) is 70.0 Å². The topological polar surface area (TPSA) is 111 Å². The monoisotopic (exact) mass is 1290 g/mol. The van der Waals surface area contributed by atoms with E-state index >= 15 is 0 Å². The number of esters is 2. The van der Waals surface area contributed by atoms with Gasteiger partial charge in [-0.25, -0.2) is 0 Å². The molecule has 9 nitrogen and oxygen atoms in total. The van der Waals surface area contributed by atoms with Crippen LogP contribution in [0.2, 0.25) is 0 Å². The molecule has 0 rings (SSSR count). The second-order valence-corrected chi connectivity index (χ2v) is 26.6. The Hall–Kier alpha value is -4.63. The van der Waals surface area contributed by atoms with Gasteiger partial charge in [-0.15, -0.1) is 0 Å². The second kappa shape index (κ2) is 70.7. The lowest BCUT2D eigenvalue weighted by Gasteiger charge is -2.28. The number of allylic oxidation sites excluding steroid dienone is 28. The molecule has 2 unspecified atom stereocenters. The number of ether oxygens (including phenoxy) is 2. The van der Waals surface area contributed by atoms with E-state index in [2.05, 4.69) is 184 Å². The van der Waals surface area contributed by atoms with Crippen molar-refractivity contribution in [3.05, 3.63) is 170 Å². The first kappa shape index (κ1) is 87.4. The van der Waals surface area contributed by atoms with Gasteiger partial charge in [0, 0.05) is 12.8 Å². The van der Waals surface area contributed by atoms with Crippen LogP contribution in [0.1, 0.15) is 284 Å². The smallest absolute Gasteiger partial charge is 0.306 e. The molecule has 0 saturated heterocycles. The van der Waals surface area contributed by atoms with Gasteiger partial charge in [0.1, 0.15) is 19.8 Å². The van der Waals surface area contributed by atoms with Gasteiger partial charge in [-0.1, -0.05) is 312 Å². The average molecular weight is 1290 g/mol. The first-order valence-corrected chi connectivity index (χ1v) is 38.3. The maximum atomic E-state index is 12.9. The molecule has 0 saturated carbocycles. The zero-order valence-electron chi connectivity index (χ0n) is 59.4. The molecule has 0 heterocycles. The number of phosphoric acid groups is 1. The summed E-state index contributed by atoms with van der Waals surface area (Å²) in [5, 5.41) is 0. The van der Waals surface area contributed by atoms with Crippen LogP contribution in [0.3, 0.4) is 0 Å². The number of carbonyl (C=O) groups excluding carboxylic acids is 2. The molecule has 0 aromatic carbocycles. The van der Waals surface area contributed by atoms with E-state index in [9.17, 15) is 19.0 Å². The van der Waals surface area contributed by atoms with Crippen LogP contribution in [0.5, 0.6) is 0 Å². The van der Waals surface area contributed by atoms with E-state index in [0.717, 1.165) is 135 Å². The van der Waals surface area contributed by atoms with E-state index in [0.29, 0.717) is 17.4 Å². The van der Waals surface area contributed by atoms with Crippen molar-refractivity contribution in [3.63, 3.8) is 0 Å². The number of phosphoric ester groups is 1. The SMILES string of the molecule is CC/C=C\C/C=C\C/C=C\C/C=C\C/C=C\C/C=C\C/C=C\C/C=C\C/C=C\C/C=C\CCCCCCCCCCC(=O)OC(COC(=O)CCCCCCCCCCCCCCCCCC/C=C\C/C=C\C/C=C\C/C=C\CC)COP(=O)([O-])OCC[N+](C)(C)C. The third kappa shape index (κ3) is 74.4. The summed E-state index contributed by atoms with van der Waals surface area (Å²) in [5.74, 6) is -0.847. The van der Waals surface area contributed by atoms with Crippen LogP contribution >= 0.6 is 7.82 Å². The number of nitrogens with zero attached hydrogens (tertiary/aromatic N) is 1. The van der Waals surface area contributed by atoms with E-state index < -0.39 is 26.5 Å². The quantitative estimate of drug-likeness (QED) is 0.0195. The predicted molar refractivity (Wildman–Crippen MR) is 396 cm³/mol. The fourth-order valence-corrected chi connectivity index (χ4v) is 10.4. The molecule has 0 aromatic heterocycles. The molecular weight excluding hydrogens is 1160 g/mol. The van der Waals surface area contributed by atoms with E-state index in [-0.39, 0.29) is 32.0 Å². The minimum Gasteiger partial charge on any atom is -0.756 e. The number of carbonyl (C=O) groups is 2. The van der Waals surface area contributed by atoms with Gasteiger partial charge in [0.2, 0.25) is 0 Å². The maximum absolute atomic E-state index is 12.9. The molecule has 92 heavy (non-hydrogen) atoms. The van der Waals surface area contributed by atoms with E-state index in [1.807, 2.05) is 21.1 Å². The second-order valence-electron chi connectivity index (χ2n) is 25.2. The summed E-state index contributed by atoms with van der Waals surface area (Å²) < 4.78 is 34.3. The normalized spacial score (nSPS) is 14.1. The van der Waals surface area contributed by atoms with Crippen LogP contribution in [0.15, 0.2) is 170 Å². The molecule has 0 bridgehead atoms. The minimum atomic E-state index is -4.66. The number of quaternary nitrogens is 1. The molecule has 0 aliphatic carbocycles. The molecule has 0 aliphatic rings. The Morgan fingerprint density at radius 1 is 0.337 bits per heavy atom. The summed E-state index contributed by atoms with van der Waals surface area (Å²) in [4.78, 5) is 38.1. The Kier molecular flexibility index (Phi) is 67.1. The lowest BCUT2D eigenvalue weighted by atomic mass is 10.0. The fraction of sp³-hybridized carbons (Fsp3) is 0.634. The van der Waals surface area contributed by atoms with Gasteiger partial charge in [0.05, 0.1) is 27.7 Å². The highest BCUT2D eigenvalue weighted by atomic mass is 31.2. The summed E-state index contributed by atoms with van der Waals surface area (Å²) >= 11 is 0. The van der Waals surface area contributed by atoms with Gasteiger partial charge in [0.15, 0.2) is 6.10 Å². The highest BCUT2D eigenvalue weighted by molar-refractivity contribution is 7.45. The highest BCUT2D eigenvalue weighted by Crippen LogP contribution is 2.38. The zero-order valence-corrected chi connectivity index (χ0v) is 60.3. The molecule has 0 fully saturated rings. The summed E-state index contributed by atoms with van der Waals surface area (Å²) in [7, 11) is 1.15. The summed E-state index contributed by atoms with van der Waals surface area (Å²) in [6, 6.07) is 0. The van der Waals surface area contributed by atoms with E-state index in [1.54, 1.807) is 0 Å². The number of unbranched alkanes of at least 4 members (excludes halogenated alkanes) is 24. The van der Waals surface area contributed by atoms with Gasteiger partial charge in [-0.2, -0.15) is 0 Å². The van der Waals surface area contributed by atoms with E-state index in [1.165, 1.54) is 116 Å². The molecule has 0 aliphatic heterocycles. The van der Waals surface area contributed by atoms with Crippen molar-refractivity contribution in [3.8, 4) is 0 Å². The Bertz CT molecular complexity index is 2160. The molecule has 10 heteroatoms. The van der Waals surface area contributed by atoms with E-state index in [4.69, 9.17) is 18.5 Å². The van der Waals surface area contributed by atoms with Gasteiger partial charge in [-0.05, 0) is 128 Å². The zero-order chi connectivity index (χ0) is 66.9. The van der Waals surface area contributed by atoms with Crippen molar-refractivity contribution in [2.24, 2.45) is 0 Å². The Labute approximate surface area is 566 Å². The van der Waals surface area contributed by atoms with Crippen LogP contribution < -0.4 is 4.89 Å². The molecule has 2 atom stereocenters. The van der Waals surface area contributed by atoms with Gasteiger partial charge in [-0.3, -0.25) is 14.2 Å². The molecule has 0 spiro atoms. The van der Waals surface area contributed by atoms with Crippen molar-refractivity contribution >= 4 is 19.8 Å². The Morgan fingerprint density at radius 3 is 0.870 bits per heavy atom. The predicted octanol–water partition coefficient (Wildman–Crippen LogP) is 23.9. The Balaban J connectivity index is 4.10. The number of hydrogen-bond donors (Lipinski definition) is 0. The first-order chi connectivity index (χ1) is 45.0. The maximum Gasteiger partial charge on any atom is 0.306 e. The summed E-state index contributed by atoms with van der Waals surface area (Å²) in [6.45, 7) is 4.01. The Morgan fingerprint density at radius 2 is 0.587 bits per heavy atom. The molecule has 522 valence electrons. The average Bonchev–Trinajstić information content (AvgIpc) is 2.14. The minimum absolute atomic E-state index is 0.0400. The number of hydrogen-bond acceptors (Lipinski definition) is 8. The molecule has 0 aromatic rings. The molecular formula is C82H136NO8P. The fourth-order valence-electron chi connectivity index (χ4n) is 9.68. The highest BCUT2D eigenvalue weighted by Gasteiger charge is 2.22. The first-order valence-electron chi connectivity index (χ1n) is 36.8. The molecule has 0 N–H and O–H groups in total. The van der Waals surface area contributed by atoms with Crippen LogP contribution in [0, 0.1) is 0 Å². The van der Waals surface area contributed by atoms with Crippen molar-refractivity contribution < 1.29 is 42.1 Å². The lowest BCUT2D eigenvalue weighted by Crippen LogP contribution is -2.37. The van der Waals surface area contributed by atoms with Gasteiger partial charge < -0.3 is 27.9 Å². The largest absolute Gasteiger partial charge is 0.756 e. The van der Waals surface area contributed by atoms with Crippen LogP contribution in [-0.2, 0) is 32.7 Å². The molecule has 0 amide bonds. The third-order valence-corrected chi connectivity index (χ3v) is 16.2. The molecule has 0 radical (unpaired) electrons. The number of rotatable bonds is 66. The van der Waals surface area contributed by atoms with Gasteiger partial charge in [0.25, 0.3) is 7.82 Å². The van der Waals surface area contributed by atoms with Gasteiger partial charge >= 0.3 is 11.9 Å². The van der Waals surface area contributed by atoms with Crippen LogP contribution in [0.4, 0.5) is 0 Å². The standard InChI is InChI=1S/C82H136NO8P/c1-6-8-10-12-14-16-18-20-22-24-26-28-30-32-34-36-37-38-39-40-41-42-43-44-45-47-49-51-53-55-57-59-61-63-65-67-69-71-73-75-82(85)91-80(79-90-92(86,87)89-77-76-83(3,4)5)78-88-81(84)74-72-70-68-66-64-62-60-58-56-54-52-50-48-46-35-33-31-29-27-25-23-21-19-17-15-13-11-9-7-2/h8-11,14-17,20-23,26-29,32,34,37-38,40-41,43-44,47,49,53,55,80H,6-7,12-13,18-19,24-25,30-31,33,35-36,39,42,45-46,48,50-52,54,56-79H2,1-5H3/b10-8-,11-9-,16-14-,17-15-,22-20-,23-21-,28-26-,29-27-,34-32-,38-37-,41-40-,44-43-,49-47-,55-53-. The van der Waals surface area contributed by atoms with Crippen molar-refractivity contribution in [2.75, 3.05) is 47.5 Å². The summed E-state index contributed by atoms with van der Waals surface area (Å²) in [6.07, 6.45) is 107. The number of likely N-dealkylation sites (N-methyl/N-ethyl adjacent to an activating group) is 1. The van der Waals surface area contributed by atoms with Crippen molar-refractivity contribution in [1.82, 2.24) is 0 Å². The van der Waals surface area contributed by atoms with Crippen molar-refractivity contribution in [1.29, 1.82) is 0 Å². The van der Waals surface area contributed by atoms with Crippen molar-refractivity contribution in [2.45, 2.75) is 290 Å². The van der Waals surface area contributed by atoms with Crippen LogP contribution in [0.25, 0.3) is 0 Å². The lowest BCUT2D eigenvalue weighted by molar-refractivity contribution is -0.870.